The first-order valence-electron chi connectivity index (χ1n) is 8.18. The molecule has 158 valence electrons. The molecule has 28 heavy (non-hydrogen) atoms. The van der Waals surface area contributed by atoms with Gasteiger partial charge in [-0.05, 0) is 26.0 Å². The van der Waals surface area contributed by atoms with Gasteiger partial charge in [-0.3, -0.25) is 9.36 Å². The molecule has 1 N–H and O–H groups in total. The van der Waals surface area contributed by atoms with Crippen LogP contribution in [-0.4, -0.2) is 41.3 Å². The van der Waals surface area contributed by atoms with Crippen LogP contribution in [-0.2, 0) is 18.3 Å². The van der Waals surface area contributed by atoms with Gasteiger partial charge in [0.2, 0.25) is 3.79 Å². The summed E-state index contributed by atoms with van der Waals surface area (Å²) in [4.78, 5) is 24.7. The normalized spacial score (nSPS) is 13.1. The second-order valence-electron chi connectivity index (χ2n) is 5.36. The largest absolute Gasteiger partial charge is 0.445 e. The maximum absolute atomic E-state index is 13.1. The number of rotatable bonds is 10. The van der Waals surface area contributed by atoms with Crippen molar-refractivity contribution in [3.63, 3.8) is 0 Å². The Morgan fingerprint density at radius 1 is 1.14 bits per heavy atom. The molecule has 0 spiro atoms. The van der Waals surface area contributed by atoms with Gasteiger partial charge in [0.15, 0.2) is 5.78 Å². The van der Waals surface area contributed by atoms with Crippen LogP contribution in [0.15, 0.2) is 28.7 Å². The van der Waals surface area contributed by atoms with Crippen molar-refractivity contribution >= 4 is 70.2 Å². The fourth-order valence-corrected chi connectivity index (χ4v) is 4.31. The monoisotopic (exact) mass is 537 g/mol. The number of carbonyl (C=O) groups is 2. The lowest BCUT2D eigenvalue weighted by molar-refractivity contribution is 0.0965. The topological polar surface area (TPSA) is 90.9 Å². The minimum absolute atomic E-state index is 0.0468. The van der Waals surface area contributed by atoms with E-state index in [0.717, 1.165) is 4.47 Å². The van der Waals surface area contributed by atoms with E-state index in [2.05, 4.69) is 21.2 Å². The van der Waals surface area contributed by atoms with Gasteiger partial charge >= 0.3 is 13.7 Å². The minimum Gasteiger partial charge on any atom is -0.445 e. The van der Waals surface area contributed by atoms with Crippen molar-refractivity contribution in [3.05, 3.63) is 34.3 Å². The molecule has 1 aromatic carbocycles. The standard InChI is InChI=1S/C16H20BrCl3NO6P/c1-3-26-28(24,27-4-2)14(21-15(23)25-10-16(18,19)20)9-13(22)11-5-7-12(17)8-6-11/h5-8,14H,3-4,9-10H2,1-2H3,(H,21,23)/t14-/m0/s1. The summed E-state index contributed by atoms with van der Waals surface area (Å²) in [6.07, 6.45) is -1.37. The molecule has 0 unspecified atom stereocenters. The number of amides is 1. The number of halogens is 4. The highest BCUT2D eigenvalue weighted by atomic mass is 79.9. The maximum atomic E-state index is 13.1. The van der Waals surface area contributed by atoms with Crippen molar-refractivity contribution in [1.29, 1.82) is 0 Å². The lowest BCUT2D eigenvalue weighted by atomic mass is 10.1. The Morgan fingerprint density at radius 3 is 2.14 bits per heavy atom. The van der Waals surface area contributed by atoms with E-state index < -0.39 is 29.9 Å². The molecule has 0 saturated heterocycles. The van der Waals surface area contributed by atoms with Gasteiger partial charge in [0.05, 0.1) is 13.2 Å². The Kier molecular flexibility index (Phi) is 10.8. The van der Waals surface area contributed by atoms with E-state index in [9.17, 15) is 14.2 Å². The summed E-state index contributed by atoms with van der Waals surface area (Å²) in [7, 11) is -3.87. The molecule has 0 aliphatic rings. The Morgan fingerprint density at radius 2 is 1.68 bits per heavy atom. The smallest absolute Gasteiger partial charge is 0.408 e. The second kappa shape index (κ2) is 11.7. The molecule has 0 fully saturated rings. The molecule has 0 aromatic heterocycles. The molecule has 12 heteroatoms. The van der Waals surface area contributed by atoms with Crippen molar-refractivity contribution in [2.45, 2.75) is 29.8 Å². The first-order valence-corrected chi connectivity index (χ1v) is 11.7. The van der Waals surface area contributed by atoms with Gasteiger partial charge in [-0.2, -0.15) is 0 Å². The molecule has 1 aromatic rings. The summed E-state index contributed by atoms with van der Waals surface area (Å²) in [5, 5.41) is 2.33. The van der Waals surface area contributed by atoms with E-state index in [0.29, 0.717) is 5.56 Å². The van der Waals surface area contributed by atoms with Crippen molar-refractivity contribution in [2.75, 3.05) is 19.8 Å². The highest BCUT2D eigenvalue weighted by Gasteiger charge is 2.39. The predicted octanol–water partition coefficient (Wildman–Crippen LogP) is 5.71. The zero-order chi connectivity index (χ0) is 21.4. The maximum Gasteiger partial charge on any atom is 0.408 e. The van der Waals surface area contributed by atoms with Crippen LogP contribution in [0.3, 0.4) is 0 Å². The van der Waals surface area contributed by atoms with Crippen LogP contribution >= 0.6 is 58.3 Å². The molecule has 0 aliphatic carbocycles. The van der Waals surface area contributed by atoms with E-state index in [1.807, 2.05) is 0 Å². The minimum atomic E-state index is -3.87. The number of hydrogen-bond donors (Lipinski definition) is 1. The van der Waals surface area contributed by atoms with Crippen molar-refractivity contribution < 1.29 is 27.9 Å². The van der Waals surface area contributed by atoms with Crippen LogP contribution in [0.25, 0.3) is 0 Å². The van der Waals surface area contributed by atoms with Gasteiger partial charge in [-0.15, -0.1) is 0 Å². The summed E-state index contributed by atoms with van der Waals surface area (Å²) in [5.74, 6) is -1.66. The number of Topliss-reactive ketones (excluding diaryl/α,β-unsaturated/α-hetero) is 1. The Hall–Kier alpha value is -0.340. The highest BCUT2D eigenvalue weighted by molar-refractivity contribution is 9.10. The van der Waals surface area contributed by atoms with Gasteiger partial charge in [0, 0.05) is 16.5 Å². The molecular formula is C16H20BrCl3NO6P. The molecule has 0 saturated carbocycles. The third-order valence-corrected chi connectivity index (χ3v) is 6.36. The van der Waals surface area contributed by atoms with Crippen LogP contribution in [0.1, 0.15) is 30.6 Å². The molecule has 0 radical (unpaired) electrons. The average Bonchev–Trinajstić information content (AvgIpc) is 2.59. The lowest BCUT2D eigenvalue weighted by Gasteiger charge is -2.26. The summed E-state index contributed by atoms with van der Waals surface area (Å²) in [6, 6.07) is 6.57. The first kappa shape index (κ1) is 25.7. The Bertz CT molecular complexity index is 703. The first-order chi connectivity index (χ1) is 13.0. The van der Waals surface area contributed by atoms with E-state index in [-0.39, 0.29) is 25.4 Å². The molecule has 0 aliphatic heterocycles. The third kappa shape index (κ3) is 8.99. The molecule has 1 amide bonds. The van der Waals surface area contributed by atoms with Crippen LogP contribution in [0.4, 0.5) is 4.79 Å². The summed E-state index contributed by atoms with van der Waals surface area (Å²) in [6.45, 7) is 2.78. The van der Waals surface area contributed by atoms with E-state index in [1.54, 1.807) is 38.1 Å². The number of alkyl carbamates (subject to hydrolysis) is 1. The molecule has 0 bridgehead atoms. The number of carbonyl (C=O) groups excluding carboxylic acids is 2. The molecular weight excluding hydrogens is 519 g/mol. The predicted molar refractivity (Wildman–Crippen MR) is 113 cm³/mol. The van der Waals surface area contributed by atoms with Gasteiger partial charge < -0.3 is 19.1 Å². The fraction of sp³-hybridized carbons (Fsp3) is 0.500. The number of ketones is 1. The van der Waals surface area contributed by atoms with Gasteiger partial charge in [0.1, 0.15) is 12.4 Å². The van der Waals surface area contributed by atoms with Gasteiger partial charge in [0.25, 0.3) is 0 Å². The average molecular weight is 540 g/mol. The van der Waals surface area contributed by atoms with E-state index in [1.165, 1.54) is 0 Å². The molecule has 7 nitrogen and oxygen atoms in total. The fourth-order valence-electron chi connectivity index (χ4n) is 2.07. The summed E-state index contributed by atoms with van der Waals surface area (Å²) >= 11 is 19.9. The number of hydrogen-bond acceptors (Lipinski definition) is 6. The number of benzene rings is 1. The zero-order valence-corrected chi connectivity index (χ0v) is 19.9. The second-order valence-corrected chi connectivity index (χ2v) is 11.0. The van der Waals surface area contributed by atoms with Crippen molar-refractivity contribution in [3.8, 4) is 0 Å². The van der Waals surface area contributed by atoms with Crippen LogP contribution in [0, 0.1) is 0 Å². The van der Waals surface area contributed by atoms with Crippen LogP contribution < -0.4 is 5.32 Å². The van der Waals surface area contributed by atoms with Crippen molar-refractivity contribution in [1.82, 2.24) is 5.32 Å². The molecule has 0 heterocycles. The molecule has 1 rings (SSSR count). The molecule has 1 atom stereocenters. The highest BCUT2D eigenvalue weighted by Crippen LogP contribution is 2.53. The van der Waals surface area contributed by atoms with Crippen LogP contribution in [0.5, 0.6) is 0 Å². The van der Waals surface area contributed by atoms with Gasteiger partial charge in [-0.1, -0.05) is 62.9 Å². The number of ether oxygens (including phenoxy) is 1. The summed E-state index contributed by atoms with van der Waals surface area (Å²) in [5.41, 5.74) is 0.365. The Labute approximate surface area is 187 Å². The zero-order valence-electron chi connectivity index (χ0n) is 15.1. The van der Waals surface area contributed by atoms with E-state index in [4.69, 9.17) is 48.6 Å². The summed E-state index contributed by atoms with van der Waals surface area (Å²) < 4.78 is 27.4. The van der Waals surface area contributed by atoms with Crippen molar-refractivity contribution in [2.24, 2.45) is 0 Å². The van der Waals surface area contributed by atoms with Crippen LogP contribution in [0.2, 0.25) is 0 Å². The van der Waals surface area contributed by atoms with E-state index >= 15 is 0 Å². The third-order valence-electron chi connectivity index (χ3n) is 3.20. The number of nitrogens with one attached hydrogen (secondary N) is 1. The lowest BCUT2D eigenvalue weighted by Crippen LogP contribution is -2.39. The van der Waals surface area contributed by atoms with Gasteiger partial charge in [-0.25, -0.2) is 4.79 Å². The SMILES string of the molecule is CCOP(=O)(OCC)[C@@H](CC(=O)c1ccc(Br)cc1)NC(=O)OCC(Cl)(Cl)Cl. The quantitative estimate of drug-likeness (QED) is 0.233. The number of alkyl halides is 3. The Balaban J connectivity index is 3.02.